The molecule has 0 fully saturated rings. The predicted octanol–water partition coefficient (Wildman–Crippen LogP) is 2.66. The minimum atomic E-state index is -3.82. The van der Waals surface area contributed by atoms with Crippen LogP contribution in [0, 0.1) is 6.92 Å². The van der Waals surface area contributed by atoms with Crippen molar-refractivity contribution in [2.45, 2.75) is 11.8 Å². The van der Waals surface area contributed by atoms with Gasteiger partial charge in [-0.2, -0.15) is 0 Å². The Balaban J connectivity index is 2.35. The van der Waals surface area contributed by atoms with E-state index in [0.29, 0.717) is 16.8 Å². The van der Waals surface area contributed by atoms with Crippen molar-refractivity contribution in [2.75, 3.05) is 5.32 Å². The topological polar surface area (TPSA) is 89.3 Å². The maximum absolute atomic E-state index is 12.2. The highest BCUT2D eigenvalue weighted by Crippen LogP contribution is 2.23. The van der Waals surface area contributed by atoms with Crippen LogP contribution in [-0.4, -0.2) is 14.3 Å². The van der Waals surface area contributed by atoms with Gasteiger partial charge in [-0.05, 0) is 42.8 Å². The predicted molar refractivity (Wildman–Crippen MR) is 84.6 cm³/mol. The molecule has 0 unspecified atom stereocenters. The van der Waals surface area contributed by atoms with Gasteiger partial charge in [0, 0.05) is 15.7 Å². The molecule has 21 heavy (non-hydrogen) atoms. The lowest BCUT2D eigenvalue weighted by Gasteiger charge is -2.11. The van der Waals surface area contributed by atoms with Crippen LogP contribution in [0.4, 0.5) is 5.69 Å². The van der Waals surface area contributed by atoms with Gasteiger partial charge in [0.05, 0.1) is 4.90 Å². The van der Waals surface area contributed by atoms with Gasteiger partial charge in [-0.15, -0.1) is 0 Å². The van der Waals surface area contributed by atoms with Crippen LogP contribution < -0.4 is 10.5 Å². The molecular formula is C14H13BrN2O3S. The van der Waals surface area contributed by atoms with E-state index in [9.17, 15) is 13.2 Å². The van der Waals surface area contributed by atoms with E-state index in [1.54, 1.807) is 31.2 Å². The average Bonchev–Trinajstić information content (AvgIpc) is 2.39. The Labute approximate surface area is 131 Å². The van der Waals surface area contributed by atoms with Crippen molar-refractivity contribution in [3.63, 3.8) is 0 Å². The van der Waals surface area contributed by atoms with Crippen molar-refractivity contribution in [1.29, 1.82) is 0 Å². The first-order chi connectivity index (χ1) is 9.79. The third-order valence-electron chi connectivity index (χ3n) is 2.93. The van der Waals surface area contributed by atoms with Gasteiger partial charge in [-0.25, -0.2) is 13.6 Å². The van der Waals surface area contributed by atoms with Crippen LogP contribution in [-0.2, 0) is 10.0 Å². The number of carbonyl (C=O) groups excluding carboxylic acids is 1. The molecular weight excluding hydrogens is 356 g/mol. The summed E-state index contributed by atoms with van der Waals surface area (Å²) in [6.07, 6.45) is 0. The zero-order valence-corrected chi connectivity index (χ0v) is 13.5. The highest BCUT2D eigenvalue weighted by atomic mass is 79.9. The number of amides is 1. The van der Waals surface area contributed by atoms with Crippen LogP contribution in [0.2, 0.25) is 0 Å². The van der Waals surface area contributed by atoms with Crippen molar-refractivity contribution in [3.05, 3.63) is 58.1 Å². The molecule has 5 nitrogen and oxygen atoms in total. The number of sulfonamides is 1. The highest BCUT2D eigenvalue weighted by molar-refractivity contribution is 9.10. The van der Waals surface area contributed by atoms with Gasteiger partial charge < -0.3 is 5.32 Å². The molecule has 2 aromatic rings. The molecule has 1 amide bonds. The third-order valence-corrected chi connectivity index (χ3v) is 4.47. The van der Waals surface area contributed by atoms with Crippen molar-refractivity contribution in [1.82, 2.24) is 0 Å². The zero-order valence-electron chi connectivity index (χ0n) is 11.1. The molecule has 0 aliphatic heterocycles. The van der Waals surface area contributed by atoms with E-state index in [-0.39, 0.29) is 10.8 Å². The summed E-state index contributed by atoms with van der Waals surface area (Å²) in [5.41, 5.74) is 1.28. The smallest absolute Gasteiger partial charge is 0.255 e. The minimum absolute atomic E-state index is 0.00505. The summed E-state index contributed by atoms with van der Waals surface area (Å²) < 4.78 is 23.7. The third kappa shape index (κ3) is 3.69. The van der Waals surface area contributed by atoms with Crippen LogP contribution in [0.25, 0.3) is 0 Å². The van der Waals surface area contributed by atoms with Crippen LogP contribution >= 0.6 is 15.9 Å². The van der Waals surface area contributed by atoms with Crippen molar-refractivity contribution < 1.29 is 13.2 Å². The van der Waals surface area contributed by atoms with E-state index in [0.717, 1.165) is 4.47 Å². The lowest BCUT2D eigenvalue weighted by Crippen LogP contribution is -2.17. The molecule has 0 aromatic heterocycles. The molecule has 2 aromatic carbocycles. The Morgan fingerprint density at radius 3 is 2.48 bits per heavy atom. The number of nitrogens with one attached hydrogen (secondary N) is 1. The summed E-state index contributed by atoms with van der Waals surface area (Å²) in [5.74, 6) is -0.328. The number of primary sulfonamides is 1. The Morgan fingerprint density at radius 1 is 1.19 bits per heavy atom. The monoisotopic (exact) mass is 368 g/mol. The summed E-state index contributed by atoms with van der Waals surface area (Å²) in [4.78, 5) is 12.2. The van der Waals surface area contributed by atoms with Gasteiger partial charge in [0.15, 0.2) is 0 Å². The van der Waals surface area contributed by atoms with E-state index in [2.05, 4.69) is 21.2 Å². The molecule has 0 bridgehead atoms. The quantitative estimate of drug-likeness (QED) is 0.872. The van der Waals surface area contributed by atoms with Gasteiger partial charge >= 0.3 is 0 Å². The Hall–Kier alpha value is -1.70. The SMILES string of the molecule is Cc1c(NC(=O)c2cccc(Br)c2)cccc1S(N)(=O)=O. The number of nitrogens with two attached hydrogens (primary N) is 1. The molecule has 0 heterocycles. The molecule has 0 saturated heterocycles. The summed E-state index contributed by atoms with van der Waals surface area (Å²) in [6.45, 7) is 1.59. The fourth-order valence-corrected chi connectivity index (χ4v) is 3.09. The van der Waals surface area contributed by atoms with Crippen LogP contribution in [0.1, 0.15) is 15.9 Å². The first kappa shape index (κ1) is 15.7. The average molecular weight is 369 g/mol. The van der Waals surface area contributed by atoms with E-state index >= 15 is 0 Å². The number of hydrogen-bond donors (Lipinski definition) is 2. The highest BCUT2D eigenvalue weighted by Gasteiger charge is 2.15. The second-order valence-electron chi connectivity index (χ2n) is 4.44. The van der Waals surface area contributed by atoms with E-state index in [1.165, 1.54) is 12.1 Å². The molecule has 0 aliphatic carbocycles. The number of anilines is 1. The largest absolute Gasteiger partial charge is 0.322 e. The van der Waals surface area contributed by atoms with Gasteiger partial charge in [0.1, 0.15) is 0 Å². The summed E-state index contributed by atoms with van der Waals surface area (Å²) >= 11 is 3.29. The Bertz CT molecular complexity index is 804. The molecule has 110 valence electrons. The molecule has 3 N–H and O–H groups in total. The molecule has 0 saturated carbocycles. The fraction of sp³-hybridized carbons (Fsp3) is 0.0714. The number of benzene rings is 2. The first-order valence-electron chi connectivity index (χ1n) is 5.98. The molecule has 7 heteroatoms. The summed E-state index contributed by atoms with van der Waals surface area (Å²) in [6, 6.07) is 11.5. The van der Waals surface area contributed by atoms with Crippen molar-refractivity contribution in [2.24, 2.45) is 5.14 Å². The molecule has 0 aliphatic rings. The second-order valence-corrected chi connectivity index (χ2v) is 6.88. The summed E-state index contributed by atoms with van der Waals surface area (Å²) in [7, 11) is -3.82. The second kappa shape index (κ2) is 5.97. The van der Waals surface area contributed by atoms with Crippen LogP contribution in [0.3, 0.4) is 0 Å². The molecule has 0 radical (unpaired) electrons. The first-order valence-corrected chi connectivity index (χ1v) is 8.32. The molecule has 0 atom stereocenters. The fourth-order valence-electron chi connectivity index (χ4n) is 1.88. The Kier molecular flexibility index (Phi) is 4.46. The standard InChI is InChI=1S/C14H13BrN2O3S/c1-9-12(6-3-7-13(9)21(16,19)20)17-14(18)10-4-2-5-11(15)8-10/h2-8H,1H3,(H,17,18)(H2,16,19,20). The molecule has 0 spiro atoms. The van der Waals surface area contributed by atoms with Gasteiger partial charge in [-0.3, -0.25) is 4.79 Å². The van der Waals surface area contributed by atoms with Gasteiger partial charge in [0.25, 0.3) is 5.91 Å². The molecule has 2 rings (SSSR count). The normalized spacial score (nSPS) is 11.2. The lowest BCUT2D eigenvalue weighted by atomic mass is 10.1. The van der Waals surface area contributed by atoms with E-state index < -0.39 is 10.0 Å². The van der Waals surface area contributed by atoms with Gasteiger partial charge in [0.2, 0.25) is 10.0 Å². The van der Waals surface area contributed by atoms with E-state index in [1.807, 2.05) is 6.07 Å². The van der Waals surface area contributed by atoms with Crippen LogP contribution in [0.5, 0.6) is 0 Å². The van der Waals surface area contributed by atoms with Crippen molar-refractivity contribution >= 4 is 37.5 Å². The maximum atomic E-state index is 12.2. The number of carbonyl (C=O) groups is 1. The zero-order chi connectivity index (χ0) is 15.6. The number of hydrogen-bond acceptors (Lipinski definition) is 3. The van der Waals surface area contributed by atoms with Crippen molar-refractivity contribution in [3.8, 4) is 0 Å². The number of halogens is 1. The lowest BCUT2D eigenvalue weighted by molar-refractivity contribution is 0.102. The maximum Gasteiger partial charge on any atom is 0.255 e. The summed E-state index contributed by atoms with van der Waals surface area (Å²) in [5, 5.41) is 7.83. The number of rotatable bonds is 3. The minimum Gasteiger partial charge on any atom is -0.322 e. The van der Waals surface area contributed by atoms with E-state index in [4.69, 9.17) is 5.14 Å². The van der Waals surface area contributed by atoms with Gasteiger partial charge in [-0.1, -0.05) is 28.1 Å². The van der Waals surface area contributed by atoms with Crippen LogP contribution in [0.15, 0.2) is 51.8 Å². The Morgan fingerprint density at radius 2 is 1.86 bits per heavy atom.